The lowest BCUT2D eigenvalue weighted by molar-refractivity contribution is 0.543. The molecule has 0 fully saturated rings. The number of aromatic nitrogens is 2. The van der Waals surface area contributed by atoms with Gasteiger partial charge in [-0.1, -0.05) is 66.7 Å². The molecule has 2 aromatic carbocycles. The summed E-state index contributed by atoms with van der Waals surface area (Å²) in [4.78, 5) is 0. The Hall–Kier alpha value is -2.94. The van der Waals surface area contributed by atoms with Crippen molar-refractivity contribution < 1.29 is 4.42 Å². The van der Waals surface area contributed by atoms with Gasteiger partial charge in [-0.05, 0) is 22.8 Å². The monoisotopic (exact) mass is 274 g/mol. The highest BCUT2D eigenvalue weighted by atomic mass is 16.4. The predicted octanol–water partition coefficient (Wildman–Crippen LogP) is 4.41. The molecule has 0 aliphatic rings. The van der Waals surface area contributed by atoms with E-state index in [0.29, 0.717) is 5.89 Å². The number of hydrogen-bond donors (Lipinski definition) is 0. The van der Waals surface area contributed by atoms with Gasteiger partial charge < -0.3 is 4.42 Å². The first-order valence-corrected chi connectivity index (χ1v) is 6.68. The second kappa shape index (κ2) is 6.48. The van der Waals surface area contributed by atoms with E-state index in [4.69, 9.17) is 4.42 Å². The van der Waals surface area contributed by atoms with Gasteiger partial charge in [-0.15, -0.1) is 10.2 Å². The molecule has 21 heavy (non-hydrogen) atoms. The zero-order chi connectivity index (χ0) is 14.3. The fourth-order valence-corrected chi connectivity index (χ4v) is 1.90. The van der Waals surface area contributed by atoms with Gasteiger partial charge >= 0.3 is 0 Å². The molecule has 0 amide bonds. The van der Waals surface area contributed by atoms with Gasteiger partial charge in [0.2, 0.25) is 12.3 Å². The minimum atomic E-state index is 0.503. The summed E-state index contributed by atoms with van der Waals surface area (Å²) < 4.78 is 5.05. The molecule has 0 unspecified atom stereocenters. The van der Waals surface area contributed by atoms with Gasteiger partial charge in [-0.2, -0.15) is 0 Å². The molecule has 102 valence electrons. The minimum Gasteiger partial charge on any atom is -0.424 e. The van der Waals surface area contributed by atoms with Crippen LogP contribution in [0.15, 0.2) is 65.4 Å². The van der Waals surface area contributed by atoms with Crippen LogP contribution in [-0.2, 0) is 0 Å². The summed E-state index contributed by atoms with van der Waals surface area (Å²) in [5.41, 5.74) is 3.44. The normalized spacial score (nSPS) is 11.4. The van der Waals surface area contributed by atoms with E-state index in [2.05, 4.69) is 58.7 Å². The van der Waals surface area contributed by atoms with Crippen molar-refractivity contribution >= 4 is 24.3 Å². The largest absolute Gasteiger partial charge is 0.424 e. The molecule has 0 aliphatic carbocycles. The second-order valence-corrected chi connectivity index (χ2v) is 4.52. The van der Waals surface area contributed by atoms with Crippen molar-refractivity contribution in [2.45, 2.75) is 0 Å². The number of nitrogens with zero attached hydrogens (tertiary/aromatic N) is 2. The van der Waals surface area contributed by atoms with Gasteiger partial charge in [0.25, 0.3) is 0 Å². The van der Waals surface area contributed by atoms with Crippen LogP contribution in [0.1, 0.15) is 22.6 Å². The SMILES string of the molecule is C(=C\c1ccc(/C=C/c2nnco2)cc1)/c1ccccc1. The maximum Gasteiger partial charge on any atom is 0.240 e. The molecule has 0 aliphatic heterocycles. The molecular formula is C18H14N2O. The summed E-state index contributed by atoms with van der Waals surface area (Å²) >= 11 is 0. The van der Waals surface area contributed by atoms with Crippen molar-refractivity contribution in [3.05, 3.63) is 83.6 Å². The molecule has 0 atom stereocenters. The lowest BCUT2D eigenvalue weighted by atomic mass is 10.1. The van der Waals surface area contributed by atoms with Crippen LogP contribution in [0.5, 0.6) is 0 Å². The minimum absolute atomic E-state index is 0.503. The van der Waals surface area contributed by atoms with E-state index in [1.54, 1.807) is 6.08 Å². The number of hydrogen-bond acceptors (Lipinski definition) is 3. The average molecular weight is 274 g/mol. The maximum atomic E-state index is 5.05. The summed E-state index contributed by atoms with van der Waals surface area (Å²) in [6, 6.07) is 18.5. The molecule has 0 saturated carbocycles. The molecule has 0 spiro atoms. The Morgan fingerprint density at radius 1 is 0.667 bits per heavy atom. The summed E-state index contributed by atoms with van der Waals surface area (Å²) in [5.74, 6) is 0.503. The summed E-state index contributed by atoms with van der Waals surface area (Å²) in [5, 5.41) is 7.42. The van der Waals surface area contributed by atoms with E-state index in [0.717, 1.165) is 11.1 Å². The third-order valence-corrected chi connectivity index (χ3v) is 3.00. The van der Waals surface area contributed by atoms with Gasteiger partial charge in [0.15, 0.2) is 0 Å². The molecule has 3 heteroatoms. The predicted molar refractivity (Wildman–Crippen MR) is 85.0 cm³/mol. The third kappa shape index (κ3) is 3.76. The van der Waals surface area contributed by atoms with Crippen molar-refractivity contribution in [2.75, 3.05) is 0 Å². The Balaban J connectivity index is 1.68. The van der Waals surface area contributed by atoms with Crippen molar-refractivity contribution in [1.29, 1.82) is 0 Å². The van der Waals surface area contributed by atoms with E-state index in [1.807, 2.05) is 24.3 Å². The summed E-state index contributed by atoms with van der Waals surface area (Å²) in [6.45, 7) is 0. The molecule has 0 N–H and O–H groups in total. The van der Waals surface area contributed by atoms with Gasteiger partial charge in [0.05, 0.1) is 0 Å². The molecule has 0 saturated heterocycles. The molecule has 0 radical (unpaired) electrons. The molecule has 1 heterocycles. The van der Waals surface area contributed by atoms with Crippen LogP contribution in [0.2, 0.25) is 0 Å². The topological polar surface area (TPSA) is 38.9 Å². The summed E-state index contributed by atoms with van der Waals surface area (Å²) in [6.07, 6.45) is 9.25. The maximum absolute atomic E-state index is 5.05. The quantitative estimate of drug-likeness (QED) is 0.661. The molecule has 3 aromatic rings. The Morgan fingerprint density at radius 3 is 1.81 bits per heavy atom. The average Bonchev–Trinajstić information content (AvgIpc) is 3.06. The van der Waals surface area contributed by atoms with E-state index >= 15 is 0 Å². The fourth-order valence-electron chi connectivity index (χ4n) is 1.90. The van der Waals surface area contributed by atoms with Crippen LogP contribution >= 0.6 is 0 Å². The van der Waals surface area contributed by atoms with Gasteiger partial charge in [0, 0.05) is 6.08 Å². The van der Waals surface area contributed by atoms with E-state index in [9.17, 15) is 0 Å². The Morgan fingerprint density at radius 2 is 1.24 bits per heavy atom. The Kier molecular flexibility index (Phi) is 4.03. The first-order chi connectivity index (χ1) is 10.4. The van der Waals surface area contributed by atoms with E-state index in [-0.39, 0.29) is 0 Å². The van der Waals surface area contributed by atoms with Crippen LogP contribution < -0.4 is 0 Å². The fraction of sp³-hybridized carbons (Fsp3) is 0. The number of benzene rings is 2. The van der Waals surface area contributed by atoms with Crippen LogP contribution in [0, 0.1) is 0 Å². The first kappa shape index (κ1) is 13.1. The van der Waals surface area contributed by atoms with Crippen molar-refractivity contribution in [1.82, 2.24) is 10.2 Å². The summed E-state index contributed by atoms with van der Waals surface area (Å²) in [7, 11) is 0. The second-order valence-electron chi connectivity index (χ2n) is 4.52. The Labute approximate surface area is 123 Å². The van der Waals surface area contributed by atoms with Gasteiger partial charge in [-0.3, -0.25) is 0 Å². The zero-order valence-electron chi connectivity index (χ0n) is 11.4. The standard InChI is InChI=1S/C18H14N2O/c1-2-4-15(5-3-1)6-7-16-8-10-17(11-9-16)12-13-18-20-19-14-21-18/h1-14H/b7-6+,13-12+. The van der Waals surface area contributed by atoms with Crippen LogP contribution in [-0.4, -0.2) is 10.2 Å². The van der Waals surface area contributed by atoms with Crippen LogP contribution in [0.25, 0.3) is 24.3 Å². The van der Waals surface area contributed by atoms with Crippen molar-refractivity contribution in [2.24, 2.45) is 0 Å². The third-order valence-electron chi connectivity index (χ3n) is 3.00. The number of rotatable bonds is 4. The van der Waals surface area contributed by atoms with Crippen molar-refractivity contribution in [3.8, 4) is 0 Å². The highest BCUT2D eigenvalue weighted by Crippen LogP contribution is 2.11. The van der Waals surface area contributed by atoms with E-state index in [1.165, 1.54) is 12.0 Å². The smallest absolute Gasteiger partial charge is 0.240 e. The molecule has 3 rings (SSSR count). The van der Waals surface area contributed by atoms with Gasteiger partial charge in [0.1, 0.15) is 0 Å². The molecular weight excluding hydrogens is 260 g/mol. The first-order valence-electron chi connectivity index (χ1n) is 6.68. The lowest BCUT2D eigenvalue weighted by Gasteiger charge is -1.96. The Bertz CT molecular complexity index is 727. The molecule has 0 bridgehead atoms. The van der Waals surface area contributed by atoms with E-state index < -0.39 is 0 Å². The van der Waals surface area contributed by atoms with Crippen molar-refractivity contribution in [3.63, 3.8) is 0 Å². The van der Waals surface area contributed by atoms with Gasteiger partial charge in [-0.25, -0.2) is 0 Å². The highest BCUT2D eigenvalue weighted by molar-refractivity contribution is 5.71. The zero-order valence-corrected chi connectivity index (χ0v) is 11.4. The highest BCUT2D eigenvalue weighted by Gasteiger charge is 1.92. The van der Waals surface area contributed by atoms with Crippen LogP contribution in [0.4, 0.5) is 0 Å². The van der Waals surface area contributed by atoms with Crippen LogP contribution in [0.3, 0.4) is 0 Å². The molecule has 3 nitrogen and oxygen atoms in total. The lowest BCUT2D eigenvalue weighted by Crippen LogP contribution is -1.76. The molecule has 1 aromatic heterocycles.